The van der Waals surface area contributed by atoms with Crippen molar-refractivity contribution in [2.45, 2.75) is 50.9 Å². The van der Waals surface area contributed by atoms with Gasteiger partial charge in [-0.15, -0.1) is 0 Å². The van der Waals surface area contributed by atoms with Crippen LogP contribution in [0.3, 0.4) is 0 Å². The van der Waals surface area contributed by atoms with E-state index in [1.807, 2.05) is 19.9 Å². The first-order valence-corrected chi connectivity index (χ1v) is 11.6. The van der Waals surface area contributed by atoms with Gasteiger partial charge in [0.2, 0.25) is 0 Å². The molecule has 2 fully saturated rings. The number of hydrogen-bond acceptors (Lipinski definition) is 6. The van der Waals surface area contributed by atoms with Crippen LogP contribution in [0.5, 0.6) is 11.5 Å². The van der Waals surface area contributed by atoms with Crippen LogP contribution in [0.2, 0.25) is 0 Å². The first-order valence-electron chi connectivity index (χ1n) is 11.6. The van der Waals surface area contributed by atoms with Gasteiger partial charge in [-0.2, -0.15) is 5.10 Å². The minimum Gasteiger partial charge on any atom is -0.493 e. The topological polar surface area (TPSA) is 79.9 Å². The van der Waals surface area contributed by atoms with Crippen molar-refractivity contribution in [3.8, 4) is 11.5 Å². The van der Waals surface area contributed by atoms with Crippen molar-refractivity contribution in [3.05, 3.63) is 41.7 Å². The maximum atomic E-state index is 13.2. The Kier molecular flexibility index (Phi) is 7.37. The first kappa shape index (κ1) is 24.4. The Labute approximate surface area is 198 Å². The molecular weight excluding hydrogens is 446 g/mol. The van der Waals surface area contributed by atoms with Gasteiger partial charge in [-0.25, -0.2) is 8.78 Å². The molecule has 2 aromatic rings. The number of methoxy groups -OCH3 is 1. The number of morpholine rings is 1. The van der Waals surface area contributed by atoms with Crippen LogP contribution < -0.4 is 9.47 Å². The molecule has 0 saturated carbocycles. The number of alkyl halides is 2. The van der Waals surface area contributed by atoms with Gasteiger partial charge in [-0.05, 0) is 51.0 Å². The van der Waals surface area contributed by atoms with Crippen LogP contribution in [0.1, 0.15) is 48.8 Å². The average Bonchev–Trinajstić information content (AvgIpc) is 3.33. The average molecular weight is 479 g/mol. The number of hydrogen-bond donors (Lipinski definition) is 1. The summed E-state index contributed by atoms with van der Waals surface area (Å²) < 4.78 is 44.0. The number of rotatable bonds is 7. The number of nitrogens with zero attached hydrogens (tertiary/aromatic N) is 3. The number of likely N-dealkylation sites (tertiary alicyclic amines) is 1. The molecule has 1 aromatic carbocycles. The summed E-state index contributed by atoms with van der Waals surface area (Å²) in [5.74, 6) is 0.995. The van der Waals surface area contributed by atoms with E-state index in [1.54, 1.807) is 41.3 Å². The molecule has 1 N–H and O–H groups in total. The fraction of sp³-hybridized carbons (Fsp3) is 0.583. The van der Waals surface area contributed by atoms with Crippen molar-refractivity contribution in [1.29, 1.82) is 0 Å². The molecule has 1 amide bonds. The number of aromatic amines is 1. The molecule has 1 spiro atoms. The molecule has 0 radical (unpaired) electrons. The molecule has 2 saturated heterocycles. The smallest absolute Gasteiger partial charge is 0.253 e. The van der Waals surface area contributed by atoms with Gasteiger partial charge in [-0.3, -0.25) is 14.8 Å². The maximum Gasteiger partial charge on any atom is 0.253 e. The third-order valence-corrected chi connectivity index (χ3v) is 6.33. The van der Waals surface area contributed by atoms with Gasteiger partial charge in [0.25, 0.3) is 12.3 Å². The van der Waals surface area contributed by atoms with Crippen molar-refractivity contribution < 1.29 is 27.8 Å². The lowest BCUT2D eigenvalue weighted by molar-refractivity contribution is -0.181. The Morgan fingerprint density at radius 2 is 2.03 bits per heavy atom. The number of H-pyrrole nitrogens is 1. The highest BCUT2D eigenvalue weighted by molar-refractivity contribution is 5.95. The zero-order valence-electron chi connectivity index (χ0n) is 19.8. The van der Waals surface area contributed by atoms with Gasteiger partial charge < -0.3 is 19.1 Å². The highest BCUT2D eigenvalue weighted by Crippen LogP contribution is 2.38. The highest BCUT2D eigenvalue weighted by Gasteiger charge is 2.45. The Balaban J connectivity index is 1.45. The number of ether oxygens (including phenoxy) is 3. The van der Waals surface area contributed by atoms with Crippen LogP contribution in [0.25, 0.3) is 0 Å². The largest absolute Gasteiger partial charge is 0.493 e. The van der Waals surface area contributed by atoms with E-state index in [-0.39, 0.29) is 24.7 Å². The summed E-state index contributed by atoms with van der Waals surface area (Å²) in [5, 5.41) is 6.88. The van der Waals surface area contributed by atoms with Crippen LogP contribution >= 0.6 is 0 Å². The van der Waals surface area contributed by atoms with Crippen LogP contribution in [-0.2, 0) is 4.74 Å². The Morgan fingerprint density at radius 3 is 2.65 bits per heavy atom. The highest BCUT2D eigenvalue weighted by atomic mass is 19.3. The third kappa shape index (κ3) is 5.50. The van der Waals surface area contributed by atoms with E-state index < -0.39 is 12.0 Å². The number of carbonyl (C=O) groups is 1. The molecule has 4 rings (SSSR count). The fourth-order valence-corrected chi connectivity index (χ4v) is 4.75. The maximum absolute atomic E-state index is 13.2. The Morgan fingerprint density at radius 1 is 1.26 bits per heavy atom. The van der Waals surface area contributed by atoms with E-state index in [2.05, 4.69) is 10.2 Å². The zero-order valence-corrected chi connectivity index (χ0v) is 19.8. The number of aromatic nitrogens is 2. The summed E-state index contributed by atoms with van der Waals surface area (Å²) in [6.45, 7) is 5.29. The van der Waals surface area contributed by atoms with E-state index >= 15 is 0 Å². The van der Waals surface area contributed by atoms with Crippen molar-refractivity contribution in [3.63, 3.8) is 0 Å². The van der Waals surface area contributed by atoms with Gasteiger partial charge in [0.05, 0.1) is 31.1 Å². The van der Waals surface area contributed by atoms with Crippen LogP contribution in [0.4, 0.5) is 8.78 Å². The van der Waals surface area contributed by atoms with E-state index in [0.29, 0.717) is 56.1 Å². The summed E-state index contributed by atoms with van der Waals surface area (Å²) in [6, 6.07) is 6.99. The van der Waals surface area contributed by atoms with Crippen LogP contribution in [0, 0.1) is 0 Å². The van der Waals surface area contributed by atoms with Crippen molar-refractivity contribution in [1.82, 2.24) is 20.0 Å². The predicted octanol–water partition coefficient (Wildman–Crippen LogP) is 3.52. The fourth-order valence-electron chi connectivity index (χ4n) is 4.75. The summed E-state index contributed by atoms with van der Waals surface area (Å²) in [4.78, 5) is 16.7. The number of benzene rings is 1. The number of piperidine rings is 1. The normalized spacial score (nSPS) is 20.8. The van der Waals surface area contributed by atoms with Crippen molar-refractivity contribution in [2.75, 3.05) is 39.8 Å². The number of nitrogens with one attached hydrogen (secondary N) is 1. The molecule has 2 aliphatic rings. The Hall–Kier alpha value is -2.72. The van der Waals surface area contributed by atoms with E-state index in [0.717, 1.165) is 5.69 Å². The molecule has 1 aromatic heterocycles. The quantitative estimate of drug-likeness (QED) is 0.656. The monoisotopic (exact) mass is 478 g/mol. The molecule has 0 bridgehead atoms. The molecule has 1 unspecified atom stereocenters. The van der Waals surface area contributed by atoms with Crippen molar-refractivity contribution in [2.24, 2.45) is 0 Å². The van der Waals surface area contributed by atoms with Crippen molar-refractivity contribution >= 4 is 5.91 Å². The molecular formula is C24H32F2N4O4. The molecule has 34 heavy (non-hydrogen) atoms. The minimum atomic E-state index is -2.42. The molecule has 8 nitrogen and oxygen atoms in total. The standard InChI is InChI=1S/C24H32F2N4O4/c1-16(2)33-19-5-4-17(12-20(19)32-3)23(31)30-10-7-24(8-11-30)15-29(14-22(25)26)13-21(34-24)18-6-9-27-28-18/h4-6,9,12,16,21-22H,7-8,10-11,13-15H2,1-3H3,(H,27,28). The second-order valence-corrected chi connectivity index (χ2v) is 9.21. The second kappa shape index (κ2) is 10.3. The molecule has 10 heteroatoms. The molecule has 1 atom stereocenters. The third-order valence-electron chi connectivity index (χ3n) is 6.33. The lowest BCUT2D eigenvalue weighted by Crippen LogP contribution is -2.58. The van der Waals surface area contributed by atoms with E-state index in [1.165, 1.54) is 0 Å². The van der Waals surface area contributed by atoms with Gasteiger partial charge >= 0.3 is 0 Å². The lowest BCUT2D eigenvalue weighted by Gasteiger charge is -2.49. The zero-order chi connectivity index (χ0) is 24.3. The molecule has 3 heterocycles. The van der Waals surface area contributed by atoms with E-state index in [4.69, 9.17) is 14.2 Å². The summed E-state index contributed by atoms with van der Waals surface area (Å²) in [5.41, 5.74) is 0.697. The number of halogens is 2. The van der Waals surface area contributed by atoms with Crippen LogP contribution in [-0.4, -0.2) is 83.9 Å². The Bertz CT molecular complexity index is 962. The molecule has 0 aliphatic carbocycles. The van der Waals surface area contributed by atoms with Crippen LogP contribution in [0.15, 0.2) is 30.5 Å². The molecule has 2 aliphatic heterocycles. The SMILES string of the molecule is COc1cc(C(=O)N2CCC3(CC2)CN(CC(F)F)CC(c2ccn[nH]2)O3)ccc1OC(C)C. The van der Waals surface area contributed by atoms with Gasteiger partial charge in [-0.1, -0.05) is 0 Å². The minimum absolute atomic E-state index is 0.0144. The van der Waals surface area contributed by atoms with E-state index in [9.17, 15) is 13.6 Å². The summed E-state index contributed by atoms with van der Waals surface area (Å²) in [7, 11) is 1.54. The predicted molar refractivity (Wildman–Crippen MR) is 121 cm³/mol. The van der Waals surface area contributed by atoms with Gasteiger partial charge in [0.15, 0.2) is 11.5 Å². The summed E-state index contributed by atoms with van der Waals surface area (Å²) in [6.07, 6.45) is -0.0417. The first-order chi connectivity index (χ1) is 16.3. The van der Waals surface area contributed by atoms with Gasteiger partial charge in [0.1, 0.15) is 6.10 Å². The van der Waals surface area contributed by atoms with Gasteiger partial charge in [0, 0.05) is 37.9 Å². The lowest BCUT2D eigenvalue weighted by atomic mass is 9.88. The molecule has 186 valence electrons. The number of carbonyl (C=O) groups excluding carboxylic acids is 1. The number of amides is 1. The second-order valence-electron chi connectivity index (χ2n) is 9.21. The summed E-state index contributed by atoms with van der Waals surface area (Å²) >= 11 is 0.